The number of ether oxygens (including phenoxy) is 3. The van der Waals surface area contributed by atoms with Crippen molar-refractivity contribution in [2.45, 2.75) is 32.2 Å². The first-order valence-corrected chi connectivity index (χ1v) is 10.8. The molecule has 32 heavy (non-hydrogen) atoms. The Hall–Kier alpha value is -3.41. The fourth-order valence-corrected chi connectivity index (χ4v) is 3.89. The number of furan rings is 1. The standard InChI is InChI=1S/C26H31NO5/c1-5-26(28)27(18-19-12-13-24(30-3)25(17-19)31-4)15-14-21(23-11-8-16-32-23)20-9-6-7-10-22(20)29-2/h6-13,16-17,21H,5,14-15,18H2,1-4H3/t21-/m0/s1. The molecule has 1 amide bonds. The van der Waals surface area contributed by atoms with E-state index in [9.17, 15) is 4.79 Å². The van der Waals surface area contributed by atoms with Gasteiger partial charge in [0.2, 0.25) is 5.91 Å². The second kappa shape index (κ2) is 11.3. The molecular formula is C26H31NO5. The number of nitrogens with zero attached hydrogens (tertiary/aromatic N) is 1. The van der Waals surface area contributed by atoms with Gasteiger partial charge in [-0.3, -0.25) is 4.79 Å². The zero-order valence-corrected chi connectivity index (χ0v) is 19.2. The zero-order valence-electron chi connectivity index (χ0n) is 19.2. The minimum Gasteiger partial charge on any atom is -0.496 e. The summed E-state index contributed by atoms with van der Waals surface area (Å²) in [6.45, 7) is 2.95. The van der Waals surface area contributed by atoms with E-state index in [-0.39, 0.29) is 11.8 Å². The second-order valence-electron chi connectivity index (χ2n) is 7.46. The molecule has 0 radical (unpaired) electrons. The van der Waals surface area contributed by atoms with Gasteiger partial charge in [0.1, 0.15) is 11.5 Å². The number of rotatable bonds is 11. The Balaban J connectivity index is 1.83. The Bertz CT molecular complexity index is 999. The molecule has 0 fully saturated rings. The first-order chi connectivity index (χ1) is 15.6. The fraction of sp³-hybridized carbons (Fsp3) is 0.346. The highest BCUT2D eigenvalue weighted by molar-refractivity contribution is 5.75. The number of amides is 1. The average molecular weight is 438 g/mol. The summed E-state index contributed by atoms with van der Waals surface area (Å²) in [4.78, 5) is 14.7. The number of benzene rings is 2. The molecule has 0 aliphatic rings. The van der Waals surface area contributed by atoms with Crippen LogP contribution in [0.2, 0.25) is 0 Å². The molecule has 0 aliphatic heterocycles. The Morgan fingerprint density at radius 2 is 1.69 bits per heavy atom. The topological polar surface area (TPSA) is 61.1 Å². The van der Waals surface area contributed by atoms with Gasteiger partial charge in [0.25, 0.3) is 0 Å². The van der Waals surface area contributed by atoms with Crippen molar-refractivity contribution in [2.24, 2.45) is 0 Å². The van der Waals surface area contributed by atoms with Crippen molar-refractivity contribution in [1.82, 2.24) is 4.90 Å². The molecule has 6 heteroatoms. The highest BCUT2D eigenvalue weighted by Crippen LogP contribution is 2.35. The minimum absolute atomic E-state index is 0.0290. The number of hydrogen-bond donors (Lipinski definition) is 0. The molecule has 0 aliphatic carbocycles. The molecule has 1 atom stereocenters. The van der Waals surface area contributed by atoms with Gasteiger partial charge in [0, 0.05) is 31.0 Å². The van der Waals surface area contributed by atoms with Gasteiger partial charge in [-0.05, 0) is 42.3 Å². The van der Waals surface area contributed by atoms with Gasteiger partial charge < -0.3 is 23.5 Å². The summed E-state index contributed by atoms with van der Waals surface area (Å²) in [5.74, 6) is 3.04. The Labute approximate surface area is 189 Å². The van der Waals surface area contributed by atoms with Crippen molar-refractivity contribution in [1.29, 1.82) is 0 Å². The van der Waals surface area contributed by atoms with Crippen LogP contribution in [0.5, 0.6) is 17.2 Å². The van der Waals surface area contributed by atoms with Crippen molar-refractivity contribution in [3.05, 3.63) is 77.7 Å². The van der Waals surface area contributed by atoms with Gasteiger partial charge in [-0.2, -0.15) is 0 Å². The molecule has 0 bridgehead atoms. The predicted octanol–water partition coefficient (Wildman–Crippen LogP) is 5.27. The molecule has 170 valence electrons. The molecule has 3 aromatic rings. The van der Waals surface area contributed by atoms with Crippen molar-refractivity contribution >= 4 is 5.91 Å². The lowest BCUT2D eigenvalue weighted by molar-refractivity contribution is -0.131. The van der Waals surface area contributed by atoms with Crippen LogP contribution in [-0.4, -0.2) is 38.7 Å². The lowest BCUT2D eigenvalue weighted by Crippen LogP contribution is -2.31. The molecular weight excluding hydrogens is 406 g/mol. The molecule has 2 aromatic carbocycles. The summed E-state index contributed by atoms with van der Waals surface area (Å²) in [6.07, 6.45) is 2.82. The largest absolute Gasteiger partial charge is 0.496 e. The monoisotopic (exact) mass is 437 g/mol. The third kappa shape index (κ3) is 5.44. The van der Waals surface area contributed by atoms with Crippen molar-refractivity contribution in [3.63, 3.8) is 0 Å². The minimum atomic E-state index is -0.0290. The van der Waals surface area contributed by atoms with Gasteiger partial charge in [0.05, 0.1) is 27.6 Å². The number of hydrogen-bond acceptors (Lipinski definition) is 5. The molecule has 0 unspecified atom stereocenters. The van der Waals surface area contributed by atoms with Gasteiger partial charge >= 0.3 is 0 Å². The SMILES string of the molecule is CCC(=O)N(CC[C@H](c1ccco1)c1ccccc1OC)Cc1ccc(OC)c(OC)c1. The van der Waals surface area contributed by atoms with E-state index in [1.807, 2.05) is 66.4 Å². The lowest BCUT2D eigenvalue weighted by Gasteiger charge is -2.26. The molecule has 0 N–H and O–H groups in total. The molecule has 1 heterocycles. The molecule has 6 nitrogen and oxygen atoms in total. The fourth-order valence-electron chi connectivity index (χ4n) is 3.89. The van der Waals surface area contributed by atoms with Crippen LogP contribution in [0.15, 0.2) is 65.3 Å². The van der Waals surface area contributed by atoms with Gasteiger partial charge in [0.15, 0.2) is 11.5 Å². The smallest absolute Gasteiger partial charge is 0.222 e. The van der Waals surface area contributed by atoms with Crippen LogP contribution in [0.1, 0.15) is 42.6 Å². The molecule has 1 aromatic heterocycles. The number of carbonyl (C=O) groups excluding carboxylic acids is 1. The van der Waals surface area contributed by atoms with E-state index in [2.05, 4.69) is 0 Å². The molecule has 3 rings (SSSR count). The van der Waals surface area contributed by atoms with E-state index in [1.165, 1.54) is 0 Å². The maximum absolute atomic E-state index is 12.8. The maximum Gasteiger partial charge on any atom is 0.222 e. The Morgan fingerprint density at radius 1 is 0.938 bits per heavy atom. The Morgan fingerprint density at radius 3 is 2.34 bits per heavy atom. The summed E-state index contributed by atoms with van der Waals surface area (Å²) in [7, 11) is 4.89. The lowest BCUT2D eigenvalue weighted by atomic mass is 9.92. The molecule has 0 saturated heterocycles. The maximum atomic E-state index is 12.8. The highest BCUT2D eigenvalue weighted by Gasteiger charge is 2.23. The first kappa shape index (κ1) is 23.3. The van der Waals surface area contributed by atoms with E-state index < -0.39 is 0 Å². The van der Waals surface area contributed by atoms with Gasteiger partial charge in [-0.15, -0.1) is 0 Å². The first-order valence-electron chi connectivity index (χ1n) is 10.8. The quantitative estimate of drug-likeness (QED) is 0.409. The van der Waals surface area contributed by atoms with Crippen LogP contribution in [0.25, 0.3) is 0 Å². The molecule has 0 spiro atoms. The van der Waals surface area contributed by atoms with E-state index in [0.29, 0.717) is 37.4 Å². The summed E-state index contributed by atoms with van der Waals surface area (Å²) >= 11 is 0. The van der Waals surface area contributed by atoms with Crippen molar-refractivity contribution in [2.75, 3.05) is 27.9 Å². The number of para-hydroxylation sites is 1. The van der Waals surface area contributed by atoms with Gasteiger partial charge in [-0.25, -0.2) is 0 Å². The van der Waals surface area contributed by atoms with Crippen LogP contribution in [-0.2, 0) is 11.3 Å². The van der Waals surface area contributed by atoms with Crippen molar-refractivity contribution < 1.29 is 23.4 Å². The zero-order chi connectivity index (χ0) is 22.9. The van der Waals surface area contributed by atoms with Crippen LogP contribution < -0.4 is 14.2 Å². The van der Waals surface area contributed by atoms with E-state index in [1.54, 1.807) is 27.6 Å². The van der Waals surface area contributed by atoms with Crippen LogP contribution >= 0.6 is 0 Å². The summed E-state index contributed by atoms with van der Waals surface area (Å²) < 4.78 is 22.1. The summed E-state index contributed by atoms with van der Waals surface area (Å²) in [6, 6.07) is 17.5. The highest BCUT2D eigenvalue weighted by atomic mass is 16.5. The molecule has 0 saturated carbocycles. The number of carbonyl (C=O) groups is 1. The van der Waals surface area contributed by atoms with Crippen molar-refractivity contribution in [3.8, 4) is 17.2 Å². The third-order valence-corrected chi connectivity index (χ3v) is 5.57. The Kier molecular flexibility index (Phi) is 8.20. The van der Waals surface area contributed by atoms with Gasteiger partial charge in [-0.1, -0.05) is 31.2 Å². The summed E-state index contributed by atoms with van der Waals surface area (Å²) in [5, 5.41) is 0. The van der Waals surface area contributed by atoms with E-state index >= 15 is 0 Å². The van der Waals surface area contributed by atoms with E-state index in [4.69, 9.17) is 18.6 Å². The van der Waals surface area contributed by atoms with Crippen LogP contribution in [0, 0.1) is 0 Å². The number of methoxy groups -OCH3 is 3. The predicted molar refractivity (Wildman–Crippen MR) is 123 cm³/mol. The van der Waals surface area contributed by atoms with Crippen LogP contribution in [0.3, 0.4) is 0 Å². The van der Waals surface area contributed by atoms with E-state index in [0.717, 1.165) is 22.6 Å². The second-order valence-corrected chi connectivity index (χ2v) is 7.46. The third-order valence-electron chi connectivity index (χ3n) is 5.57. The average Bonchev–Trinajstić information content (AvgIpc) is 3.37. The summed E-state index contributed by atoms with van der Waals surface area (Å²) in [5.41, 5.74) is 2.02. The normalized spacial score (nSPS) is 11.6. The van der Waals surface area contributed by atoms with Crippen LogP contribution in [0.4, 0.5) is 0 Å².